The molecule has 0 radical (unpaired) electrons. The molecular formula is C52H31N7. The molecule has 0 aliphatic heterocycles. The number of fused-ring (bicyclic) bond motifs is 9. The molecule has 0 saturated carbocycles. The summed E-state index contributed by atoms with van der Waals surface area (Å²) in [5.41, 5.74) is -2.94. The second-order valence-electron chi connectivity index (χ2n) is 13.0. The molecule has 0 aliphatic rings. The number of aromatic nitrogens is 6. The average Bonchev–Trinajstić information content (AvgIpc) is 4.25. The van der Waals surface area contributed by atoms with Crippen molar-refractivity contribution in [2.24, 2.45) is 0 Å². The van der Waals surface area contributed by atoms with Crippen molar-refractivity contribution in [3.8, 4) is 40.1 Å². The smallest absolute Gasteiger partial charge is 0.238 e. The summed E-state index contributed by atoms with van der Waals surface area (Å²) in [6.45, 7) is 7.88. The maximum absolute atomic E-state index is 9.40. The Morgan fingerprint density at radius 2 is 0.780 bits per heavy atom. The van der Waals surface area contributed by atoms with E-state index in [-0.39, 0.29) is 76.9 Å². The van der Waals surface area contributed by atoms with Gasteiger partial charge in [-0.2, -0.15) is 9.97 Å². The minimum absolute atomic E-state index is 0.0720. The summed E-state index contributed by atoms with van der Waals surface area (Å²) < 4.78 is 210. The van der Waals surface area contributed by atoms with Gasteiger partial charge in [0, 0.05) is 40.8 Å². The van der Waals surface area contributed by atoms with Gasteiger partial charge in [0.1, 0.15) is 0 Å². The summed E-state index contributed by atoms with van der Waals surface area (Å²) in [4.78, 5) is 18.1. The van der Waals surface area contributed by atoms with Gasteiger partial charge in [0.15, 0.2) is 17.3 Å². The summed E-state index contributed by atoms with van der Waals surface area (Å²) in [6, 6.07) is -4.18. The van der Waals surface area contributed by atoms with Crippen LogP contribution in [0.2, 0.25) is 0 Å². The Bertz CT molecular complexity index is 4680. The Balaban J connectivity index is 1.30. The first-order chi connectivity index (χ1) is 38.8. The van der Waals surface area contributed by atoms with E-state index >= 15 is 0 Å². The number of hydrogen-bond acceptors (Lipinski definition) is 3. The van der Waals surface area contributed by atoms with E-state index in [2.05, 4.69) is 4.85 Å². The van der Waals surface area contributed by atoms with Crippen LogP contribution in [0.25, 0.3) is 110 Å². The normalized spacial score (nSPS) is 17.2. The van der Waals surface area contributed by atoms with Gasteiger partial charge in [-0.05, 0) is 71.9 Å². The summed E-state index contributed by atoms with van der Waals surface area (Å²) >= 11 is 0. The van der Waals surface area contributed by atoms with E-state index in [1.807, 2.05) is 0 Å². The molecule has 12 rings (SSSR count). The number of benzene rings is 8. The minimum atomic E-state index is -0.790. The molecular weight excluding hydrogens is 723 g/mol. The van der Waals surface area contributed by atoms with Crippen LogP contribution < -0.4 is 0 Å². The van der Waals surface area contributed by atoms with Crippen LogP contribution in [-0.2, 0) is 0 Å². The molecule has 59 heavy (non-hydrogen) atoms. The summed E-state index contributed by atoms with van der Waals surface area (Å²) in [5, 5.41) is -1.80. The lowest BCUT2D eigenvalue weighted by molar-refractivity contribution is 0.950. The predicted octanol–water partition coefficient (Wildman–Crippen LogP) is 13.0. The molecule has 8 aromatic carbocycles. The number of hydrogen-bond donors (Lipinski definition) is 0. The van der Waals surface area contributed by atoms with E-state index in [1.165, 1.54) is 57.7 Å². The van der Waals surface area contributed by atoms with Crippen molar-refractivity contribution < 1.29 is 31.5 Å². The van der Waals surface area contributed by atoms with Crippen LogP contribution in [-0.4, -0.2) is 28.7 Å². The van der Waals surface area contributed by atoms with Gasteiger partial charge in [-0.3, -0.25) is 4.57 Å². The first-order valence-electron chi connectivity index (χ1n) is 29.2. The Kier molecular flexibility index (Phi) is 3.80. The first kappa shape index (κ1) is 17.4. The second-order valence-corrected chi connectivity index (χ2v) is 13.0. The molecule has 0 unspecified atom stereocenters. The lowest BCUT2D eigenvalue weighted by Crippen LogP contribution is -2.09. The average molecular weight is 777 g/mol. The highest BCUT2D eigenvalue weighted by molar-refractivity contribution is 6.12. The second kappa shape index (κ2) is 12.8. The fraction of sp³-hybridized carbons (Fsp3) is 0. The third kappa shape index (κ3) is 4.90. The van der Waals surface area contributed by atoms with Gasteiger partial charge in [0.2, 0.25) is 5.95 Å². The third-order valence-corrected chi connectivity index (χ3v) is 9.92. The first-order valence-corrected chi connectivity index (χ1v) is 17.7. The molecule has 0 N–H and O–H groups in total. The number of nitrogens with zero attached hydrogens (tertiary/aromatic N) is 7. The predicted molar refractivity (Wildman–Crippen MR) is 240 cm³/mol. The zero-order valence-electron chi connectivity index (χ0n) is 52.7. The third-order valence-electron chi connectivity index (χ3n) is 9.92. The van der Waals surface area contributed by atoms with Crippen molar-refractivity contribution in [2.75, 3.05) is 0 Å². The SMILES string of the molecule is [2H]c1c([2H])c([2H])c2c(c1[2H])c1c([2H])c([N+]#[C-])c([2H])c([2H])c1n2-c1nc(-c2ccccc2-n2c3c([2H])c([2H])c([2H])c([2H])c3c3c([2H])c([2H])c([2H])c([2H])c32)nc(-c2ccccc2-n2c3c([2H])c([2H])c([2H])c([2H])c3c3c([2H])c([2H])c([2H])c([2H])c32)n1. The van der Waals surface area contributed by atoms with Crippen LogP contribution >= 0.6 is 0 Å². The highest BCUT2D eigenvalue weighted by atomic mass is 15.2. The van der Waals surface area contributed by atoms with Crippen molar-refractivity contribution in [1.29, 1.82) is 0 Å². The molecule has 4 heterocycles. The van der Waals surface area contributed by atoms with Crippen molar-refractivity contribution in [3.05, 3.63) is 199 Å². The maximum atomic E-state index is 9.40. The molecule has 0 bridgehead atoms. The van der Waals surface area contributed by atoms with Crippen LogP contribution in [0.4, 0.5) is 5.69 Å². The molecule has 274 valence electrons. The number of rotatable bonds is 5. The van der Waals surface area contributed by atoms with Crippen LogP contribution in [0, 0.1) is 6.57 Å². The summed E-state index contributed by atoms with van der Waals surface area (Å²) in [5.74, 6) is -1.38. The van der Waals surface area contributed by atoms with E-state index in [0.717, 1.165) is 4.57 Å². The molecule has 12 aromatic rings. The molecule has 0 spiro atoms. The topological polar surface area (TPSA) is 57.8 Å². The zero-order chi connectivity index (χ0) is 59.0. The molecule has 4 aromatic heterocycles. The van der Waals surface area contributed by atoms with Gasteiger partial charge in [0.05, 0.1) is 79.8 Å². The standard InChI is InChI=1S/C52H31N7/c1-53-33-30-31-49-41(32-33)38-20-6-13-27-46(38)59(49)52-55-50(39-21-7-14-28-47(39)57-42-23-9-2-16-34(42)35-17-3-10-24-43(35)57)54-51(56-52)40-22-8-15-29-48(40)58-44-25-11-4-18-36(44)37-19-5-12-26-45(37)58/h2-32H/i2D,3D,4D,5D,6D,9D,10D,11D,12D,13D,16D,17D,18D,19D,20D,23D,24D,25D,26D,27D,30D,31D,32D. The van der Waals surface area contributed by atoms with Crippen LogP contribution in [0.5, 0.6) is 0 Å². The zero-order valence-corrected chi connectivity index (χ0v) is 29.7. The minimum Gasteiger partial charge on any atom is -0.309 e. The lowest BCUT2D eigenvalue weighted by atomic mass is 10.1. The van der Waals surface area contributed by atoms with E-state index in [4.69, 9.17) is 43.5 Å². The van der Waals surface area contributed by atoms with Gasteiger partial charge in [-0.1, -0.05) is 121 Å². The highest BCUT2D eigenvalue weighted by Crippen LogP contribution is 2.40. The molecule has 0 atom stereocenters. The van der Waals surface area contributed by atoms with Crippen LogP contribution in [0.1, 0.15) is 31.5 Å². The van der Waals surface area contributed by atoms with E-state index < -0.39 is 173 Å². The van der Waals surface area contributed by atoms with Crippen molar-refractivity contribution >= 4 is 71.1 Å². The number of para-hydroxylation sites is 7. The molecule has 0 saturated heterocycles. The molecule has 0 fully saturated rings. The fourth-order valence-electron chi connectivity index (χ4n) is 7.51. The van der Waals surface area contributed by atoms with Crippen LogP contribution in [0.15, 0.2) is 188 Å². The van der Waals surface area contributed by atoms with Gasteiger partial charge in [0.25, 0.3) is 0 Å². The quantitative estimate of drug-likeness (QED) is 0.164. The van der Waals surface area contributed by atoms with E-state index in [0.29, 0.717) is 0 Å². The van der Waals surface area contributed by atoms with Gasteiger partial charge in [-0.25, -0.2) is 9.83 Å². The van der Waals surface area contributed by atoms with Gasteiger partial charge < -0.3 is 9.13 Å². The van der Waals surface area contributed by atoms with E-state index in [1.54, 1.807) is 0 Å². The van der Waals surface area contributed by atoms with Crippen LogP contribution in [0.3, 0.4) is 0 Å². The largest absolute Gasteiger partial charge is 0.309 e. The van der Waals surface area contributed by atoms with Crippen molar-refractivity contribution in [3.63, 3.8) is 0 Å². The Morgan fingerprint density at radius 1 is 0.407 bits per heavy atom. The Morgan fingerprint density at radius 3 is 1.22 bits per heavy atom. The van der Waals surface area contributed by atoms with Crippen molar-refractivity contribution in [2.45, 2.75) is 0 Å². The highest BCUT2D eigenvalue weighted by Gasteiger charge is 2.23. The lowest BCUT2D eigenvalue weighted by Gasteiger charge is -2.17. The van der Waals surface area contributed by atoms with Gasteiger partial charge >= 0.3 is 0 Å². The maximum Gasteiger partial charge on any atom is 0.238 e. The fourth-order valence-corrected chi connectivity index (χ4v) is 7.51. The molecule has 0 amide bonds. The molecule has 7 heteroatoms. The molecule has 0 aliphatic carbocycles. The summed E-state index contributed by atoms with van der Waals surface area (Å²) in [6.07, 6.45) is 0. The monoisotopic (exact) mass is 776 g/mol. The Hall–Kier alpha value is -8.34. The van der Waals surface area contributed by atoms with Gasteiger partial charge in [-0.15, -0.1) is 0 Å². The summed E-state index contributed by atoms with van der Waals surface area (Å²) in [7, 11) is 0. The van der Waals surface area contributed by atoms with Crippen molar-refractivity contribution in [1.82, 2.24) is 28.7 Å². The Labute approximate surface area is 370 Å². The van der Waals surface area contributed by atoms with E-state index in [9.17, 15) is 9.60 Å². The molecule has 7 nitrogen and oxygen atoms in total.